The molecule has 1 saturated carbocycles. The van der Waals surface area contributed by atoms with Gasteiger partial charge in [0.15, 0.2) is 0 Å². The fourth-order valence-corrected chi connectivity index (χ4v) is 4.20. The largest absolute Gasteiger partial charge is 0.472 e. The van der Waals surface area contributed by atoms with E-state index in [2.05, 4.69) is 11.2 Å². The van der Waals surface area contributed by atoms with Crippen LogP contribution in [0.25, 0.3) is 11.1 Å². The van der Waals surface area contributed by atoms with Crippen LogP contribution >= 0.6 is 0 Å². The number of rotatable bonds is 7. The van der Waals surface area contributed by atoms with Crippen LogP contribution < -0.4 is 10.6 Å². The highest BCUT2D eigenvalue weighted by Crippen LogP contribution is 2.44. The number of alkyl carbamates (subject to hydrolysis) is 1. The Kier molecular flexibility index (Phi) is 6.50. The maximum atomic E-state index is 14.8. The highest BCUT2D eigenvalue weighted by Gasteiger charge is 2.54. The molecule has 2 aliphatic carbocycles. The lowest BCUT2D eigenvalue weighted by atomic mass is 9.98. The van der Waals surface area contributed by atoms with Crippen molar-refractivity contribution in [1.29, 1.82) is 0 Å². The van der Waals surface area contributed by atoms with Gasteiger partial charge < -0.3 is 20.5 Å². The van der Waals surface area contributed by atoms with Crippen LogP contribution in [0.5, 0.6) is 0 Å². The average molecular weight is 468 g/mol. The first-order valence-corrected chi connectivity index (χ1v) is 10.8. The molecule has 3 N–H and O–H groups in total. The molecule has 7 nitrogen and oxygen atoms in total. The minimum absolute atomic E-state index is 0.0419. The van der Waals surface area contributed by atoms with Gasteiger partial charge in [-0.05, 0) is 41.0 Å². The maximum Gasteiger partial charge on any atom is 0.407 e. The van der Waals surface area contributed by atoms with Crippen LogP contribution in [0, 0.1) is 17.8 Å². The molecule has 0 radical (unpaired) electrons. The number of nitrogens with one attached hydrogen (secondary N) is 2. The highest BCUT2D eigenvalue weighted by atomic mass is 19.3. The van der Waals surface area contributed by atoms with Crippen molar-refractivity contribution in [2.45, 2.75) is 30.7 Å². The average Bonchev–Trinajstić information content (AvgIpc) is 3.61. The molecule has 1 unspecified atom stereocenters. The quantitative estimate of drug-likeness (QED) is 0.542. The van der Waals surface area contributed by atoms with Crippen molar-refractivity contribution in [3.8, 4) is 23.0 Å². The molecule has 9 heteroatoms. The molecule has 2 aromatic carbocycles. The Balaban J connectivity index is 1.40. The second-order valence-corrected chi connectivity index (χ2v) is 8.20. The van der Waals surface area contributed by atoms with E-state index >= 15 is 0 Å². The van der Waals surface area contributed by atoms with Gasteiger partial charge in [0, 0.05) is 11.8 Å². The molecule has 1 atom stereocenters. The van der Waals surface area contributed by atoms with Crippen LogP contribution in [0.2, 0.25) is 0 Å². The Labute approximate surface area is 194 Å². The molecular formula is C25H22F2N2O5. The minimum Gasteiger partial charge on any atom is -0.472 e. The Morgan fingerprint density at radius 2 is 1.65 bits per heavy atom. The number of halogens is 2. The van der Waals surface area contributed by atoms with Crippen molar-refractivity contribution in [2.24, 2.45) is 5.92 Å². The lowest BCUT2D eigenvalue weighted by Gasteiger charge is -2.26. The Bertz CT molecular complexity index is 1140. The number of hydrogen-bond acceptors (Lipinski definition) is 4. The number of alkyl halides is 2. The number of hydrogen-bond donors (Lipinski definition) is 3. The first-order valence-electron chi connectivity index (χ1n) is 10.8. The van der Waals surface area contributed by atoms with Crippen molar-refractivity contribution in [3.63, 3.8) is 0 Å². The molecule has 0 heterocycles. The molecule has 0 bridgehead atoms. The molecule has 176 valence electrons. The number of benzene rings is 2. The predicted molar refractivity (Wildman–Crippen MR) is 118 cm³/mol. The minimum atomic E-state index is -3.92. The number of aliphatic carboxylic acids is 1. The number of carboxylic acid groups (broad SMARTS) is 1. The molecule has 0 spiro atoms. The monoisotopic (exact) mass is 468 g/mol. The summed E-state index contributed by atoms with van der Waals surface area (Å²) in [6.45, 7) is -0.594. The SMILES string of the molecule is O=C(O)C#CCNC(=O)C(F)(F)C(NC(=O)OCC1c2ccccc2-c2ccccc21)C1CC1. The summed E-state index contributed by atoms with van der Waals surface area (Å²) in [4.78, 5) is 34.9. The standard InChI is InChI=1S/C25H22F2N2O5/c26-25(27,23(32)28-13-5-10-21(30)31)22(15-11-12-15)29-24(33)34-14-20-18-8-3-1-6-16(18)17-7-2-4-9-19(17)20/h1-4,6-9,15,20,22H,11-14H2,(H,28,32)(H,29,33)(H,30,31). The van der Waals surface area contributed by atoms with Gasteiger partial charge in [-0.3, -0.25) is 4.79 Å². The molecule has 0 aromatic heterocycles. The number of ether oxygens (including phenoxy) is 1. The van der Waals surface area contributed by atoms with Gasteiger partial charge in [-0.25, -0.2) is 9.59 Å². The Morgan fingerprint density at radius 3 is 2.21 bits per heavy atom. The summed E-state index contributed by atoms with van der Waals surface area (Å²) in [5.41, 5.74) is 4.05. The van der Waals surface area contributed by atoms with E-state index in [-0.39, 0.29) is 12.5 Å². The van der Waals surface area contributed by atoms with Gasteiger partial charge in [-0.1, -0.05) is 54.5 Å². The summed E-state index contributed by atoms with van der Waals surface area (Å²) in [5.74, 6) is -4.01. The zero-order valence-corrected chi connectivity index (χ0v) is 18.0. The van der Waals surface area contributed by atoms with Crippen molar-refractivity contribution in [2.75, 3.05) is 13.2 Å². The predicted octanol–water partition coefficient (Wildman–Crippen LogP) is 3.14. The summed E-state index contributed by atoms with van der Waals surface area (Å²) in [6.07, 6.45) is -0.150. The third-order valence-electron chi connectivity index (χ3n) is 5.94. The topological polar surface area (TPSA) is 105 Å². The maximum absolute atomic E-state index is 14.8. The van der Waals surface area contributed by atoms with Gasteiger partial charge in [0.1, 0.15) is 12.6 Å². The molecule has 2 amide bonds. The number of fused-ring (bicyclic) bond motifs is 3. The molecule has 1 fully saturated rings. The lowest BCUT2D eigenvalue weighted by Crippen LogP contribution is -2.57. The lowest BCUT2D eigenvalue weighted by molar-refractivity contribution is -0.150. The fraction of sp³-hybridized carbons (Fsp3) is 0.320. The van der Waals surface area contributed by atoms with Gasteiger partial charge in [-0.15, -0.1) is 0 Å². The Morgan fingerprint density at radius 1 is 1.06 bits per heavy atom. The Hall–Kier alpha value is -3.93. The van der Waals surface area contributed by atoms with E-state index in [1.807, 2.05) is 53.8 Å². The summed E-state index contributed by atoms with van der Waals surface area (Å²) < 4.78 is 35.0. The smallest absolute Gasteiger partial charge is 0.407 e. The number of carbonyl (C=O) groups is 3. The van der Waals surface area contributed by atoms with E-state index in [4.69, 9.17) is 9.84 Å². The van der Waals surface area contributed by atoms with Gasteiger partial charge in [0.2, 0.25) is 0 Å². The van der Waals surface area contributed by atoms with E-state index in [0.29, 0.717) is 12.8 Å². The molecule has 34 heavy (non-hydrogen) atoms. The van der Waals surface area contributed by atoms with Crippen LogP contribution in [0.15, 0.2) is 48.5 Å². The summed E-state index contributed by atoms with van der Waals surface area (Å²) in [5, 5.41) is 12.5. The van der Waals surface area contributed by atoms with Crippen LogP contribution in [0.3, 0.4) is 0 Å². The molecular weight excluding hydrogens is 446 g/mol. The first-order chi connectivity index (χ1) is 16.3. The zero-order valence-electron chi connectivity index (χ0n) is 18.0. The summed E-state index contributed by atoms with van der Waals surface area (Å²) in [6, 6.07) is 13.7. The summed E-state index contributed by atoms with van der Waals surface area (Å²) >= 11 is 0. The number of carbonyl (C=O) groups excluding carboxylic acids is 2. The summed E-state index contributed by atoms with van der Waals surface area (Å²) in [7, 11) is 0. The van der Waals surface area contributed by atoms with Crippen LogP contribution in [0.4, 0.5) is 13.6 Å². The molecule has 4 rings (SSSR count). The third kappa shape index (κ3) is 4.86. The van der Waals surface area contributed by atoms with Crippen LogP contribution in [-0.2, 0) is 14.3 Å². The molecule has 2 aliphatic rings. The van der Waals surface area contributed by atoms with Crippen molar-refractivity contribution >= 4 is 18.0 Å². The van der Waals surface area contributed by atoms with Crippen molar-refractivity contribution in [1.82, 2.24) is 10.6 Å². The first kappa shape index (κ1) is 23.2. The number of carboxylic acids is 1. The fourth-order valence-electron chi connectivity index (χ4n) is 4.20. The molecule has 0 aliphatic heterocycles. The van der Waals surface area contributed by atoms with Gasteiger partial charge in [-0.2, -0.15) is 8.78 Å². The van der Waals surface area contributed by atoms with E-state index in [1.54, 1.807) is 5.92 Å². The van der Waals surface area contributed by atoms with Crippen LogP contribution in [0.1, 0.15) is 29.9 Å². The molecule has 2 aromatic rings. The van der Waals surface area contributed by atoms with Gasteiger partial charge in [0.25, 0.3) is 5.91 Å². The van der Waals surface area contributed by atoms with Gasteiger partial charge >= 0.3 is 18.0 Å². The van der Waals surface area contributed by atoms with E-state index < -0.39 is 42.4 Å². The second kappa shape index (κ2) is 9.51. The zero-order chi connectivity index (χ0) is 24.3. The molecule has 0 saturated heterocycles. The highest BCUT2D eigenvalue weighted by molar-refractivity contribution is 5.87. The van der Waals surface area contributed by atoms with E-state index in [0.717, 1.165) is 22.3 Å². The third-order valence-corrected chi connectivity index (χ3v) is 5.94. The second-order valence-electron chi connectivity index (χ2n) is 8.20. The normalized spacial score (nSPS) is 15.2. The van der Waals surface area contributed by atoms with Crippen molar-refractivity contribution < 1.29 is 33.0 Å². The van der Waals surface area contributed by atoms with E-state index in [1.165, 1.54) is 0 Å². The number of amides is 2. The van der Waals surface area contributed by atoms with Gasteiger partial charge in [0.05, 0.1) is 6.54 Å². The van der Waals surface area contributed by atoms with Crippen molar-refractivity contribution in [3.05, 3.63) is 59.7 Å². The van der Waals surface area contributed by atoms with Crippen LogP contribution in [-0.4, -0.2) is 48.2 Å². The van der Waals surface area contributed by atoms with E-state index in [9.17, 15) is 23.2 Å².